The Morgan fingerprint density at radius 2 is 1.95 bits per heavy atom. The summed E-state index contributed by atoms with van der Waals surface area (Å²) in [5.74, 6) is 0.697. The predicted molar refractivity (Wildman–Crippen MR) is 69.7 cm³/mol. The first-order chi connectivity index (χ1) is 9.11. The highest BCUT2D eigenvalue weighted by molar-refractivity contribution is 5.79. The number of para-hydroxylation sites is 1. The van der Waals surface area contributed by atoms with E-state index in [0.29, 0.717) is 28.9 Å². The third kappa shape index (κ3) is 2.77. The van der Waals surface area contributed by atoms with Crippen LogP contribution in [0.3, 0.4) is 0 Å². The summed E-state index contributed by atoms with van der Waals surface area (Å²) in [5.41, 5.74) is 0.938. The minimum atomic E-state index is -0.464. The van der Waals surface area contributed by atoms with Gasteiger partial charge >= 0.3 is 0 Å². The zero-order valence-electron chi connectivity index (χ0n) is 10.2. The van der Waals surface area contributed by atoms with Crippen molar-refractivity contribution in [2.45, 2.75) is 6.92 Å². The van der Waals surface area contributed by atoms with Crippen molar-refractivity contribution >= 4 is 12.0 Å². The zero-order valence-corrected chi connectivity index (χ0v) is 10.2. The first-order valence-corrected chi connectivity index (χ1v) is 5.59. The fraction of sp³-hybridized carbons (Fsp3) is 0.0714. The van der Waals surface area contributed by atoms with Gasteiger partial charge in [-0.3, -0.25) is 14.9 Å². The van der Waals surface area contributed by atoms with E-state index in [1.807, 2.05) is 0 Å². The maximum absolute atomic E-state index is 10.9. The molecule has 0 saturated carbocycles. The van der Waals surface area contributed by atoms with E-state index in [1.165, 1.54) is 6.07 Å². The maximum atomic E-state index is 10.9. The number of hydrogen-bond donors (Lipinski definition) is 0. The number of aldehydes is 1. The Kier molecular flexibility index (Phi) is 3.56. The van der Waals surface area contributed by atoms with Gasteiger partial charge in [-0.05, 0) is 31.2 Å². The molecule has 0 aliphatic heterocycles. The Hall–Kier alpha value is -2.69. The minimum absolute atomic E-state index is 0.0129. The van der Waals surface area contributed by atoms with Crippen LogP contribution in [0, 0.1) is 17.0 Å². The van der Waals surface area contributed by atoms with Gasteiger partial charge in [-0.1, -0.05) is 12.1 Å². The molecule has 2 aromatic rings. The lowest BCUT2D eigenvalue weighted by Crippen LogP contribution is -1.94. The third-order valence-corrected chi connectivity index (χ3v) is 2.65. The number of benzene rings is 2. The second kappa shape index (κ2) is 5.30. The monoisotopic (exact) mass is 257 g/mol. The Bertz CT molecular complexity index is 637. The number of aryl methyl sites for hydroxylation is 1. The molecule has 0 radical (unpaired) electrons. The van der Waals surface area contributed by atoms with Crippen LogP contribution in [0.5, 0.6) is 11.5 Å². The third-order valence-electron chi connectivity index (χ3n) is 2.65. The molecule has 0 atom stereocenters. The van der Waals surface area contributed by atoms with Crippen LogP contribution >= 0.6 is 0 Å². The summed E-state index contributed by atoms with van der Waals surface area (Å²) in [6.45, 7) is 1.65. The van der Waals surface area contributed by atoms with Crippen LogP contribution in [-0.2, 0) is 0 Å². The molecule has 0 unspecified atom stereocenters. The van der Waals surface area contributed by atoms with Gasteiger partial charge in [0.15, 0.2) is 6.29 Å². The van der Waals surface area contributed by atoms with Crippen molar-refractivity contribution in [1.82, 2.24) is 0 Å². The maximum Gasteiger partial charge on any atom is 0.276 e. The van der Waals surface area contributed by atoms with Crippen molar-refractivity contribution in [1.29, 1.82) is 0 Å². The van der Waals surface area contributed by atoms with Gasteiger partial charge in [0.2, 0.25) is 0 Å². The normalized spacial score (nSPS) is 9.95. The number of carbonyl (C=O) groups is 1. The van der Waals surface area contributed by atoms with Crippen LogP contribution in [0.1, 0.15) is 15.9 Å². The van der Waals surface area contributed by atoms with E-state index in [4.69, 9.17) is 4.74 Å². The lowest BCUT2D eigenvalue weighted by atomic mass is 10.2. The quantitative estimate of drug-likeness (QED) is 0.477. The molecule has 0 amide bonds. The van der Waals surface area contributed by atoms with E-state index in [1.54, 1.807) is 43.3 Å². The standard InChI is InChI=1S/C14H11NO4/c1-10-6-7-12(8-13(10)15(17)18)19-14-5-3-2-4-11(14)9-16/h2-9H,1H3. The Morgan fingerprint density at radius 1 is 1.21 bits per heavy atom. The largest absolute Gasteiger partial charge is 0.456 e. The van der Waals surface area contributed by atoms with Crippen LogP contribution < -0.4 is 4.74 Å². The summed E-state index contributed by atoms with van der Waals surface area (Å²) in [6.07, 6.45) is 0.679. The molecule has 0 saturated heterocycles. The second-order valence-corrected chi connectivity index (χ2v) is 3.96. The van der Waals surface area contributed by atoms with Gasteiger partial charge in [0.05, 0.1) is 16.6 Å². The van der Waals surface area contributed by atoms with Crippen LogP contribution in [-0.4, -0.2) is 11.2 Å². The smallest absolute Gasteiger partial charge is 0.276 e. The predicted octanol–water partition coefficient (Wildman–Crippen LogP) is 3.51. The highest BCUT2D eigenvalue weighted by atomic mass is 16.6. The van der Waals surface area contributed by atoms with Gasteiger partial charge in [-0.25, -0.2) is 0 Å². The van der Waals surface area contributed by atoms with Gasteiger partial charge in [0, 0.05) is 5.56 Å². The molecule has 0 aliphatic carbocycles. The molecular formula is C14H11NO4. The van der Waals surface area contributed by atoms with E-state index in [0.717, 1.165) is 0 Å². The van der Waals surface area contributed by atoms with Crippen LogP contribution in [0.4, 0.5) is 5.69 Å². The molecule has 0 bridgehead atoms. The summed E-state index contributed by atoms with van der Waals surface area (Å²) in [7, 11) is 0. The summed E-state index contributed by atoms with van der Waals surface area (Å²) in [5, 5.41) is 10.8. The van der Waals surface area contributed by atoms with Crippen LogP contribution in [0.25, 0.3) is 0 Å². The molecule has 0 N–H and O–H groups in total. The Labute approximate surface area is 109 Å². The fourth-order valence-electron chi connectivity index (χ4n) is 1.65. The number of nitrogens with zero attached hydrogens (tertiary/aromatic N) is 1. The highest BCUT2D eigenvalue weighted by Crippen LogP contribution is 2.29. The zero-order chi connectivity index (χ0) is 13.8. The van der Waals surface area contributed by atoms with Crippen molar-refractivity contribution in [2.75, 3.05) is 0 Å². The lowest BCUT2D eigenvalue weighted by Gasteiger charge is -2.08. The van der Waals surface area contributed by atoms with E-state index < -0.39 is 4.92 Å². The number of hydrogen-bond acceptors (Lipinski definition) is 4. The summed E-state index contributed by atoms with van der Waals surface area (Å²) < 4.78 is 5.51. The summed E-state index contributed by atoms with van der Waals surface area (Å²) in [6, 6.07) is 11.3. The number of carbonyl (C=O) groups excluding carboxylic acids is 1. The van der Waals surface area contributed by atoms with Crippen LogP contribution in [0.2, 0.25) is 0 Å². The highest BCUT2D eigenvalue weighted by Gasteiger charge is 2.12. The molecule has 96 valence electrons. The second-order valence-electron chi connectivity index (χ2n) is 3.96. The molecular weight excluding hydrogens is 246 g/mol. The first-order valence-electron chi connectivity index (χ1n) is 5.59. The molecule has 0 aromatic heterocycles. The number of ether oxygens (including phenoxy) is 1. The molecule has 0 spiro atoms. The van der Waals surface area contributed by atoms with Crippen molar-refractivity contribution in [3.05, 3.63) is 63.7 Å². The summed E-state index contributed by atoms with van der Waals surface area (Å²) in [4.78, 5) is 21.2. The lowest BCUT2D eigenvalue weighted by molar-refractivity contribution is -0.385. The molecule has 0 heterocycles. The molecule has 5 nitrogen and oxygen atoms in total. The minimum Gasteiger partial charge on any atom is -0.456 e. The van der Waals surface area contributed by atoms with E-state index in [-0.39, 0.29) is 5.69 Å². The van der Waals surface area contributed by atoms with Crippen molar-refractivity contribution < 1.29 is 14.5 Å². The SMILES string of the molecule is Cc1ccc(Oc2ccccc2C=O)cc1[N+](=O)[O-]. The Morgan fingerprint density at radius 3 is 2.63 bits per heavy atom. The topological polar surface area (TPSA) is 69.4 Å². The van der Waals surface area contributed by atoms with Gasteiger partial charge in [-0.15, -0.1) is 0 Å². The van der Waals surface area contributed by atoms with E-state index in [9.17, 15) is 14.9 Å². The number of rotatable bonds is 4. The average Bonchev–Trinajstić information content (AvgIpc) is 2.41. The van der Waals surface area contributed by atoms with Crippen LogP contribution in [0.15, 0.2) is 42.5 Å². The average molecular weight is 257 g/mol. The van der Waals surface area contributed by atoms with Crippen molar-refractivity contribution in [3.63, 3.8) is 0 Å². The summed E-state index contributed by atoms with van der Waals surface area (Å²) >= 11 is 0. The molecule has 2 aromatic carbocycles. The van der Waals surface area contributed by atoms with E-state index in [2.05, 4.69) is 0 Å². The molecule has 5 heteroatoms. The first kappa shape index (κ1) is 12.8. The van der Waals surface area contributed by atoms with Crippen molar-refractivity contribution in [3.8, 4) is 11.5 Å². The fourth-order valence-corrected chi connectivity index (χ4v) is 1.65. The molecule has 0 fully saturated rings. The van der Waals surface area contributed by atoms with Gasteiger partial charge in [0.25, 0.3) is 5.69 Å². The Balaban J connectivity index is 2.36. The molecule has 0 aliphatic rings. The van der Waals surface area contributed by atoms with Gasteiger partial charge in [-0.2, -0.15) is 0 Å². The molecule has 2 rings (SSSR count). The van der Waals surface area contributed by atoms with E-state index >= 15 is 0 Å². The van der Waals surface area contributed by atoms with Crippen molar-refractivity contribution in [2.24, 2.45) is 0 Å². The number of nitro groups is 1. The molecule has 19 heavy (non-hydrogen) atoms. The number of nitro benzene ring substituents is 1. The van der Waals surface area contributed by atoms with Gasteiger partial charge in [0.1, 0.15) is 11.5 Å². The van der Waals surface area contributed by atoms with Gasteiger partial charge < -0.3 is 4.74 Å².